The molecule has 0 bridgehead atoms. The number of tetrazole rings is 1. The van der Waals surface area contributed by atoms with Crippen LogP contribution < -0.4 is 0 Å². The van der Waals surface area contributed by atoms with Crippen LogP contribution in [0.5, 0.6) is 0 Å². The number of thiazole rings is 1. The predicted octanol–water partition coefficient (Wildman–Crippen LogP) is 4.10. The number of halogens is 1. The smallest absolute Gasteiger partial charge is 0.216 e. The maximum Gasteiger partial charge on any atom is 0.216 e. The SMILES string of the molecule is CC(C)(C)c1nc(Sc2nnnn2C(C)(C)C)sc1Br. The highest BCUT2D eigenvalue weighted by Crippen LogP contribution is 2.39. The lowest BCUT2D eigenvalue weighted by molar-refractivity contribution is 0.321. The average molecular weight is 376 g/mol. The second-order valence-electron chi connectivity index (χ2n) is 6.50. The van der Waals surface area contributed by atoms with Crippen LogP contribution in [0.3, 0.4) is 0 Å². The van der Waals surface area contributed by atoms with Gasteiger partial charge in [-0.05, 0) is 58.9 Å². The Labute approximate surface area is 135 Å². The van der Waals surface area contributed by atoms with Crippen LogP contribution in [0.1, 0.15) is 47.2 Å². The Morgan fingerprint density at radius 2 is 1.80 bits per heavy atom. The van der Waals surface area contributed by atoms with E-state index in [2.05, 4.69) is 73.0 Å². The zero-order chi connectivity index (χ0) is 15.1. The molecule has 110 valence electrons. The largest absolute Gasteiger partial charge is 0.232 e. The van der Waals surface area contributed by atoms with Crippen molar-refractivity contribution in [2.75, 3.05) is 0 Å². The van der Waals surface area contributed by atoms with Crippen LogP contribution in [0, 0.1) is 0 Å². The van der Waals surface area contributed by atoms with E-state index in [4.69, 9.17) is 4.98 Å². The van der Waals surface area contributed by atoms with Crippen molar-refractivity contribution in [1.29, 1.82) is 0 Å². The van der Waals surface area contributed by atoms with Gasteiger partial charge >= 0.3 is 0 Å². The van der Waals surface area contributed by atoms with Gasteiger partial charge in [0.2, 0.25) is 5.16 Å². The lowest BCUT2D eigenvalue weighted by atomic mass is 9.93. The third-order valence-electron chi connectivity index (χ3n) is 2.53. The molecule has 2 aromatic heterocycles. The Hall–Kier alpha value is -0.470. The van der Waals surface area contributed by atoms with E-state index in [-0.39, 0.29) is 11.0 Å². The molecular weight excluding hydrogens is 358 g/mol. The molecule has 0 saturated carbocycles. The van der Waals surface area contributed by atoms with Crippen molar-refractivity contribution in [1.82, 2.24) is 25.2 Å². The Bertz CT molecular complexity index is 606. The molecule has 5 nitrogen and oxygen atoms in total. The molecule has 20 heavy (non-hydrogen) atoms. The van der Waals surface area contributed by atoms with Gasteiger partial charge in [-0.25, -0.2) is 9.67 Å². The van der Waals surface area contributed by atoms with E-state index in [0.717, 1.165) is 19.0 Å². The monoisotopic (exact) mass is 375 g/mol. The Balaban J connectivity index is 2.31. The number of rotatable bonds is 2. The molecule has 0 aliphatic heterocycles. The molecule has 0 N–H and O–H groups in total. The number of nitrogens with zero attached hydrogens (tertiary/aromatic N) is 5. The molecule has 2 rings (SSSR count). The highest BCUT2D eigenvalue weighted by atomic mass is 79.9. The Morgan fingerprint density at radius 1 is 1.15 bits per heavy atom. The maximum absolute atomic E-state index is 4.70. The molecule has 0 fully saturated rings. The van der Waals surface area contributed by atoms with Gasteiger partial charge in [0.1, 0.15) is 0 Å². The number of hydrogen-bond acceptors (Lipinski definition) is 6. The van der Waals surface area contributed by atoms with E-state index < -0.39 is 0 Å². The summed E-state index contributed by atoms with van der Waals surface area (Å²) in [5, 5.41) is 12.7. The zero-order valence-electron chi connectivity index (χ0n) is 12.4. The first-order chi connectivity index (χ1) is 9.09. The summed E-state index contributed by atoms with van der Waals surface area (Å²) in [6.45, 7) is 12.7. The van der Waals surface area contributed by atoms with Gasteiger partial charge in [0, 0.05) is 5.41 Å². The summed E-state index contributed by atoms with van der Waals surface area (Å²) in [6.07, 6.45) is 0. The summed E-state index contributed by atoms with van der Waals surface area (Å²) in [5.74, 6) is 0. The fourth-order valence-electron chi connectivity index (χ4n) is 1.53. The molecule has 0 spiro atoms. The molecular formula is C12H18BrN5S2. The second kappa shape index (κ2) is 5.38. The first-order valence-electron chi connectivity index (χ1n) is 6.22. The number of aromatic nitrogens is 5. The molecule has 2 heterocycles. The summed E-state index contributed by atoms with van der Waals surface area (Å²) < 4.78 is 3.84. The third kappa shape index (κ3) is 3.40. The predicted molar refractivity (Wildman–Crippen MR) is 85.5 cm³/mol. The molecule has 0 aromatic carbocycles. The van der Waals surface area contributed by atoms with Crippen molar-refractivity contribution in [3.05, 3.63) is 9.48 Å². The van der Waals surface area contributed by atoms with E-state index in [9.17, 15) is 0 Å². The van der Waals surface area contributed by atoms with Gasteiger partial charge in [0.15, 0.2) is 4.34 Å². The van der Waals surface area contributed by atoms with Gasteiger partial charge in [0.25, 0.3) is 0 Å². The van der Waals surface area contributed by atoms with Crippen LogP contribution in [0.15, 0.2) is 13.3 Å². The van der Waals surface area contributed by atoms with Crippen LogP contribution in [-0.2, 0) is 11.0 Å². The van der Waals surface area contributed by atoms with E-state index >= 15 is 0 Å². The average Bonchev–Trinajstić information content (AvgIpc) is 2.83. The highest BCUT2D eigenvalue weighted by molar-refractivity contribution is 9.11. The van der Waals surface area contributed by atoms with Gasteiger partial charge in [-0.2, -0.15) is 0 Å². The molecule has 0 amide bonds. The van der Waals surface area contributed by atoms with E-state index in [0.29, 0.717) is 0 Å². The topological polar surface area (TPSA) is 56.5 Å². The second-order valence-corrected chi connectivity index (χ2v) is 10.0. The summed E-state index contributed by atoms with van der Waals surface area (Å²) in [6, 6.07) is 0. The molecule has 0 saturated heterocycles. The van der Waals surface area contributed by atoms with Crippen molar-refractivity contribution in [2.24, 2.45) is 0 Å². The lowest BCUT2D eigenvalue weighted by Gasteiger charge is -2.19. The molecule has 0 unspecified atom stereocenters. The maximum atomic E-state index is 4.70. The fourth-order valence-corrected chi connectivity index (χ4v) is 5.14. The van der Waals surface area contributed by atoms with Gasteiger partial charge in [-0.15, -0.1) is 5.10 Å². The lowest BCUT2D eigenvalue weighted by Crippen LogP contribution is -2.24. The summed E-state index contributed by atoms with van der Waals surface area (Å²) >= 11 is 6.72. The third-order valence-corrected chi connectivity index (χ3v) is 5.23. The van der Waals surface area contributed by atoms with E-state index in [1.807, 2.05) is 4.68 Å². The Morgan fingerprint density at radius 3 is 2.30 bits per heavy atom. The van der Waals surface area contributed by atoms with Crippen molar-refractivity contribution >= 4 is 39.0 Å². The normalized spacial score (nSPS) is 12.9. The van der Waals surface area contributed by atoms with Crippen LogP contribution in [-0.4, -0.2) is 25.2 Å². The van der Waals surface area contributed by atoms with Crippen molar-refractivity contribution in [2.45, 2.75) is 62.0 Å². The summed E-state index contributed by atoms with van der Waals surface area (Å²) in [4.78, 5) is 4.70. The highest BCUT2D eigenvalue weighted by Gasteiger charge is 2.25. The van der Waals surface area contributed by atoms with Crippen molar-refractivity contribution < 1.29 is 0 Å². The first-order valence-corrected chi connectivity index (χ1v) is 8.65. The van der Waals surface area contributed by atoms with Crippen LogP contribution in [0.25, 0.3) is 0 Å². The summed E-state index contributed by atoms with van der Waals surface area (Å²) in [7, 11) is 0. The van der Waals surface area contributed by atoms with Crippen LogP contribution >= 0.6 is 39.0 Å². The standard InChI is InChI=1S/C12H18BrN5S2/c1-11(2,3)7-8(13)19-10(14-7)20-9-15-16-17-18(9)12(4,5)6/h1-6H3. The zero-order valence-corrected chi connectivity index (χ0v) is 15.6. The van der Waals surface area contributed by atoms with Gasteiger partial charge < -0.3 is 0 Å². The molecule has 0 aliphatic carbocycles. The van der Waals surface area contributed by atoms with Crippen LogP contribution in [0.2, 0.25) is 0 Å². The minimum Gasteiger partial charge on any atom is -0.232 e. The first kappa shape index (κ1) is 15.9. The Kier molecular flexibility index (Phi) is 4.28. The fraction of sp³-hybridized carbons (Fsp3) is 0.667. The quantitative estimate of drug-likeness (QED) is 0.790. The van der Waals surface area contributed by atoms with Crippen molar-refractivity contribution in [3.63, 3.8) is 0 Å². The van der Waals surface area contributed by atoms with Gasteiger partial charge in [-0.3, -0.25) is 0 Å². The van der Waals surface area contributed by atoms with Crippen LogP contribution in [0.4, 0.5) is 0 Å². The van der Waals surface area contributed by atoms with Crippen molar-refractivity contribution in [3.8, 4) is 0 Å². The van der Waals surface area contributed by atoms with Gasteiger partial charge in [0.05, 0.1) is 15.0 Å². The van der Waals surface area contributed by atoms with Gasteiger partial charge in [-0.1, -0.05) is 32.1 Å². The van der Waals surface area contributed by atoms with E-state index in [1.165, 1.54) is 11.8 Å². The van der Waals surface area contributed by atoms with E-state index in [1.54, 1.807) is 11.3 Å². The molecule has 8 heteroatoms. The number of hydrogen-bond donors (Lipinski definition) is 0. The minimum atomic E-state index is -0.146. The minimum absolute atomic E-state index is 0.0179. The molecule has 0 radical (unpaired) electrons. The molecule has 2 aromatic rings. The summed E-state index contributed by atoms with van der Waals surface area (Å²) in [5.41, 5.74) is 0.942. The molecule has 0 aliphatic rings. The molecule has 0 atom stereocenters.